The van der Waals surface area contributed by atoms with Gasteiger partial charge in [-0.3, -0.25) is 14.9 Å². The first-order valence-electron chi connectivity index (χ1n) is 9.15. The molecule has 4 rings (SSSR count). The Labute approximate surface area is 175 Å². The lowest BCUT2D eigenvalue weighted by molar-refractivity contribution is -0.118. The average Bonchev–Trinajstić information content (AvgIpc) is 3.14. The number of rotatable bonds is 6. The topological polar surface area (TPSA) is 90.7 Å². The number of ether oxygens (including phenoxy) is 2. The number of aromatic nitrogens is 1. The molecule has 152 valence electrons. The summed E-state index contributed by atoms with van der Waals surface area (Å²) in [5.74, 6) is 1.13. The van der Waals surface area contributed by atoms with Crippen LogP contribution in [0.3, 0.4) is 0 Å². The van der Waals surface area contributed by atoms with Crippen molar-refractivity contribution < 1.29 is 18.7 Å². The number of amides is 1. The van der Waals surface area contributed by atoms with Crippen LogP contribution in [0, 0.1) is 13.8 Å². The first kappa shape index (κ1) is 19.7. The summed E-state index contributed by atoms with van der Waals surface area (Å²) >= 11 is 1.38. The molecule has 0 saturated carbocycles. The van der Waals surface area contributed by atoms with E-state index < -0.39 is 0 Å². The second-order valence-electron chi connectivity index (χ2n) is 6.50. The lowest BCUT2D eigenvalue weighted by atomic mass is 10.2. The number of benzene rings is 2. The van der Waals surface area contributed by atoms with Crippen LogP contribution in [-0.4, -0.2) is 17.5 Å². The van der Waals surface area contributed by atoms with Crippen molar-refractivity contribution in [1.82, 2.24) is 4.98 Å². The molecule has 0 radical (unpaired) electrons. The lowest BCUT2D eigenvalue weighted by Gasteiger charge is -2.10. The third-order valence-corrected chi connectivity index (χ3v) is 5.02. The molecule has 2 heterocycles. The number of anilines is 1. The average molecular weight is 422 g/mol. The summed E-state index contributed by atoms with van der Waals surface area (Å²) in [6.45, 7) is 3.38. The van der Waals surface area contributed by atoms with Crippen molar-refractivity contribution in [1.29, 1.82) is 0 Å². The van der Waals surface area contributed by atoms with Crippen LogP contribution in [0.2, 0.25) is 0 Å². The fraction of sp³-hybridized carbons (Fsp3) is 0.136. The van der Waals surface area contributed by atoms with E-state index in [9.17, 15) is 9.59 Å². The summed E-state index contributed by atoms with van der Waals surface area (Å²) in [6.07, 6.45) is 1.69. The standard InChI is InChI=1S/C22H18N2O5S/c1-13-11-23-22(30-13)24-19(25)12-27-16-8-9-17-18(10-16)28-14(2)21(20(17)26)29-15-6-4-3-5-7-15/h3-11H,12H2,1-2H3,(H,23,24,25). The van der Waals surface area contributed by atoms with E-state index in [2.05, 4.69) is 10.3 Å². The fourth-order valence-electron chi connectivity index (χ4n) is 2.80. The number of hydrogen-bond donors (Lipinski definition) is 1. The highest BCUT2D eigenvalue weighted by atomic mass is 32.1. The molecular formula is C22H18N2O5S. The van der Waals surface area contributed by atoms with Crippen LogP contribution in [0.25, 0.3) is 11.0 Å². The third-order valence-electron chi connectivity index (χ3n) is 4.19. The van der Waals surface area contributed by atoms with Crippen LogP contribution in [0.5, 0.6) is 17.2 Å². The van der Waals surface area contributed by atoms with Gasteiger partial charge in [0.25, 0.3) is 5.91 Å². The number of nitrogens with one attached hydrogen (secondary N) is 1. The Kier molecular flexibility index (Phi) is 5.49. The van der Waals surface area contributed by atoms with Gasteiger partial charge in [-0.25, -0.2) is 4.98 Å². The molecule has 4 aromatic rings. The van der Waals surface area contributed by atoms with E-state index in [-0.39, 0.29) is 23.7 Å². The van der Waals surface area contributed by atoms with Crippen molar-refractivity contribution in [2.24, 2.45) is 0 Å². The summed E-state index contributed by atoms with van der Waals surface area (Å²) in [6, 6.07) is 13.8. The van der Waals surface area contributed by atoms with E-state index in [1.54, 1.807) is 43.5 Å². The second kappa shape index (κ2) is 8.38. The van der Waals surface area contributed by atoms with E-state index in [0.717, 1.165) is 4.88 Å². The van der Waals surface area contributed by atoms with Gasteiger partial charge in [0.15, 0.2) is 11.7 Å². The molecule has 2 aromatic carbocycles. The maximum Gasteiger partial charge on any atom is 0.264 e. The monoisotopic (exact) mass is 422 g/mol. The molecular weight excluding hydrogens is 404 g/mol. The molecule has 0 fully saturated rings. The molecule has 2 aromatic heterocycles. The molecule has 1 amide bonds. The van der Waals surface area contributed by atoms with Crippen LogP contribution in [0.15, 0.2) is 63.9 Å². The number of aryl methyl sites for hydroxylation is 2. The Morgan fingerprint density at radius 3 is 2.67 bits per heavy atom. The van der Waals surface area contributed by atoms with Gasteiger partial charge in [0.05, 0.1) is 5.39 Å². The fourth-order valence-corrected chi connectivity index (χ4v) is 3.48. The molecule has 7 nitrogen and oxygen atoms in total. The quantitative estimate of drug-likeness (QED) is 0.485. The summed E-state index contributed by atoms with van der Waals surface area (Å²) in [4.78, 5) is 29.9. The largest absolute Gasteiger partial charge is 0.484 e. The van der Waals surface area contributed by atoms with E-state index in [0.29, 0.717) is 33.4 Å². The first-order valence-corrected chi connectivity index (χ1v) is 9.97. The molecule has 8 heteroatoms. The molecule has 0 atom stereocenters. The third kappa shape index (κ3) is 4.33. The van der Waals surface area contributed by atoms with Crippen LogP contribution in [0.4, 0.5) is 5.13 Å². The van der Waals surface area contributed by atoms with E-state index in [1.165, 1.54) is 11.3 Å². The SMILES string of the molecule is Cc1cnc(NC(=O)COc2ccc3c(=O)c(Oc4ccccc4)c(C)oc3c2)s1. The Balaban J connectivity index is 1.51. The highest BCUT2D eigenvalue weighted by molar-refractivity contribution is 7.15. The number of nitrogens with zero attached hydrogens (tertiary/aromatic N) is 1. The summed E-state index contributed by atoms with van der Waals surface area (Å²) in [5, 5.41) is 3.56. The van der Waals surface area contributed by atoms with Gasteiger partial charge in [0, 0.05) is 17.1 Å². The van der Waals surface area contributed by atoms with Gasteiger partial charge in [-0.1, -0.05) is 18.2 Å². The minimum Gasteiger partial charge on any atom is -0.484 e. The van der Waals surface area contributed by atoms with Crippen LogP contribution < -0.4 is 20.2 Å². The van der Waals surface area contributed by atoms with Gasteiger partial charge >= 0.3 is 0 Å². The van der Waals surface area contributed by atoms with Gasteiger partial charge in [-0.05, 0) is 38.1 Å². The molecule has 0 bridgehead atoms. The van der Waals surface area contributed by atoms with E-state index in [1.807, 2.05) is 25.1 Å². The number of carbonyl (C=O) groups is 1. The van der Waals surface area contributed by atoms with Crippen LogP contribution >= 0.6 is 11.3 Å². The summed E-state index contributed by atoms with van der Waals surface area (Å²) < 4.78 is 17.0. The van der Waals surface area contributed by atoms with Crippen molar-refractivity contribution in [3.63, 3.8) is 0 Å². The number of fused-ring (bicyclic) bond motifs is 1. The Morgan fingerprint density at radius 2 is 1.93 bits per heavy atom. The van der Waals surface area contributed by atoms with Crippen LogP contribution in [0.1, 0.15) is 10.6 Å². The maximum absolute atomic E-state index is 12.8. The number of hydrogen-bond acceptors (Lipinski definition) is 7. The van der Waals surface area contributed by atoms with Crippen LogP contribution in [-0.2, 0) is 4.79 Å². The molecule has 0 unspecified atom stereocenters. The predicted octanol–water partition coefficient (Wildman–Crippen LogP) is 4.68. The first-order chi connectivity index (χ1) is 14.5. The highest BCUT2D eigenvalue weighted by Gasteiger charge is 2.15. The zero-order valence-corrected chi connectivity index (χ0v) is 17.1. The maximum atomic E-state index is 12.8. The van der Waals surface area contributed by atoms with Crippen molar-refractivity contribution in [2.45, 2.75) is 13.8 Å². The van der Waals surface area contributed by atoms with Gasteiger partial charge in [-0.2, -0.15) is 0 Å². The Hall–Kier alpha value is -3.65. The van der Waals surface area contributed by atoms with Crippen molar-refractivity contribution in [2.75, 3.05) is 11.9 Å². The number of thiazole rings is 1. The number of para-hydroxylation sites is 1. The van der Waals surface area contributed by atoms with Crippen molar-refractivity contribution in [3.05, 3.63) is 75.6 Å². The van der Waals surface area contributed by atoms with Gasteiger partial charge in [-0.15, -0.1) is 11.3 Å². The van der Waals surface area contributed by atoms with Gasteiger partial charge in [0.1, 0.15) is 22.8 Å². The Bertz CT molecular complexity index is 1260. The minimum absolute atomic E-state index is 0.139. The predicted molar refractivity (Wildman–Crippen MR) is 115 cm³/mol. The zero-order valence-electron chi connectivity index (χ0n) is 16.3. The molecule has 0 spiro atoms. The highest BCUT2D eigenvalue weighted by Crippen LogP contribution is 2.27. The Morgan fingerprint density at radius 1 is 1.13 bits per heavy atom. The van der Waals surface area contributed by atoms with E-state index >= 15 is 0 Å². The minimum atomic E-state index is -0.325. The zero-order chi connectivity index (χ0) is 21.1. The smallest absolute Gasteiger partial charge is 0.264 e. The molecule has 0 aliphatic rings. The summed E-state index contributed by atoms with van der Waals surface area (Å²) in [7, 11) is 0. The molecule has 0 aliphatic carbocycles. The van der Waals surface area contributed by atoms with Crippen molar-refractivity contribution >= 4 is 33.3 Å². The number of carbonyl (C=O) groups excluding carboxylic acids is 1. The molecule has 30 heavy (non-hydrogen) atoms. The van der Waals surface area contributed by atoms with Crippen molar-refractivity contribution in [3.8, 4) is 17.2 Å². The second-order valence-corrected chi connectivity index (χ2v) is 7.74. The van der Waals surface area contributed by atoms with E-state index in [4.69, 9.17) is 13.9 Å². The lowest BCUT2D eigenvalue weighted by Crippen LogP contribution is -2.20. The molecule has 1 N–H and O–H groups in total. The molecule has 0 aliphatic heterocycles. The van der Waals surface area contributed by atoms with Gasteiger partial charge in [0.2, 0.25) is 11.2 Å². The van der Waals surface area contributed by atoms with Gasteiger partial charge < -0.3 is 13.9 Å². The summed E-state index contributed by atoms with van der Waals surface area (Å²) in [5.41, 5.74) is 0.0763. The normalized spacial score (nSPS) is 10.7. The molecule has 0 saturated heterocycles.